The average molecular weight is 346 g/mol. The van der Waals surface area contributed by atoms with Crippen LogP contribution in [0.15, 0.2) is 34.9 Å². The molecule has 25 heavy (non-hydrogen) atoms. The van der Waals surface area contributed by atoms with E-state index in [1.807, 2.05) is 6.07 Å². The topological polar surface area (TPSA) is 93.8 Å². The number of pyridine rings is 1. The minimum absolute atomic E-state index is 0.155. The zero-order chi connectivity index (χ0) is 17.8. The van der Waals surface area contributed by atoms with E-state index in [2.05, 4.69) is 10.3 Å². The normalized spacial score (nSPS) is 20.6. The third-order valence-electron chi connectivity index (χ3n) is 4.41. The van der Waals surface area contributed by atoms with Crippen LogP contribution in [0.3, 0.4) is 0 Å². The standard InChI is InChI=1S/C18H22N2O5/c1-23-10-14-4-5-15(25-14)18(22)20-17(12-7-13(21)8-12)11-3-6-16(24-2)19-9-11/h3-6,9,12-13,17,21H,7-8,10H2,1-2H3,(H,20,22). The van der Waals surface area contributed by atoms with Crippen LogP contribution in [0.1, 0.15) is 40.8 Å². The molecule has 1 amide bonds. The number of aromatic nitrogens is 1. The summed E-state index contributed by atoms with van der Waals surface area (Å²) in [5, 5.41) is 12.6. The van der Waals surface area contributed by atoms with E-state index in [9.17, 15) is 9.90 Å². The highest BCUT2D eigenvalue weighted by Crippen LogP contribution is 2.38. The number of aliphatic hydroxyl groups excluding tert-OH is 1. The number of nitrogens with one attached hydrogen (secondary N) is 1. The number of carbonyl (C=O) groups is 1. The maximum Gasteiger partial charge on any atom is 0.287 e. The summed E-state index contributed by atoms with van der Waals surface area (Å²) in [7, 11) is 3.12. The molecule has 2 heterocycles. The molecule has 1 aliphatic rings. The maximum atomic E-state index is 12.5. The molecule has 1 aliphatic carbocycles. The monoisotopic (exact) mass is 346 g/mol. The lowest BCUT2D eigenvalue weighted by atomic mass is 9.75. The van der Waals surface area contributed by atoms with Crippen molar-refractivity contribution in [2.75, 3.05) is 14.2 Å². The van der Waals surface area contributed by atoms with Gasteiger partial charge in [0, 0.05) is 19.4 Å². The van der Waals surface area contributed by atoms with Gasteiger partial charge in [0.2, 0.25) is 5.88 Å². The second kappa shape index (κ2) is 7.67. The summed E-state index contributed by atoms with van der Waals surface area (Å²) in [6.45, 7) is 0.313. The molecule has 0 spiro atoms. The zero-order valence-corrected chi connectivity index (χ0v) is 14.3. The lowest BCUT2D eigenvalue weighted by molar-refractivity contribution is 0.0231. The Morgan fingerprint density at radius 1 is 1.36 bits per heavy atom. The number of furan rings is 1. The first-order valence-electron chi connectivity index (χ1n) is 8.17. The molecule has 7 nitrogen and oxygen atoms in total. The summed E-state index contributed by atoms with van der Waals surface area (Å²) in [4.78, 5) is 16.8. The van der Waals surface area contributed by atoms with Crippen molar-refractivity contribution in [2.24, 2.45) is 5.92 Å². The Balaban J connectivity index is 1.75. The fourth-order valence-corrected chi connectivity index (χ4v) is 3.00. The summed E-state index contributed by atoms with van der Waals surface area (Å²) >= 11 is 0. The predicted octanol–water partition coefficient (Wildman–Crippen LogP) is 2.07. The number of ether oxygens (including phenoxy) is 2. The van der Waals surface area contributed by atoms with Crippen LogP contribution in [0.2, 0.25) is 0 Å². The van der Waals surface area contributed by atoms with Crippen LogP contribution in [0.5, 0.6) is 5.88 Å². The van der Waals surface area contributed by atoms with E-state index in [4.69, 9.17) is 13.9 Å². The Hall–Kier alpha value is -2.38. The van der Waals surface area contributed by atoms with Gasteiger partial charge in [0.25, 0.3) is 5.91 Å². The highest BCUT2D eigenvalue weighted by Gasteiger charge is 2.36. The van der Waals surface area contributed by atoms with Crippen LogP contribution in [0.4, 0.5) is 0 Å². The number of hydrogen-bond donors (Lipinski definition) is 2. The number of amides is 1. The van der Waals surface area contributed by atoms with Crippen molar-refractivity contribution in [1.82, 2.24) is 10.3 Å². The number of hydrogen-bond acceptors (Lipinski definition) is 6. The molecule has 0 bridgehead atoms. The van der Waals surface area contributed by atoms with Crippen LogP contribution in [0, 0.1) is 5.92 Å². The summed E-state index contributed by atoms with van der Waals surface area (Å²) in [6.07, 6.45) is 2.66. The number of aliphatic hydroxyl groups is 1. The minimum Gasteiger partial charge on any atom is -0.481 e. The van der Waals surface area contributed by atoms with Gasteiger partial charge in [0.15, 0.2) is 5.76 Å². The Labute approximate surface area is 146 Å². The lowest BCUT2D eigenvalue weighted by Crippen LogP contribution is -2.41. The molecule has 3 rings (SSSR count). The summed E-state index contributed by atoms with van der Waals surface area (Å²) in [6, 6.07) is 6.73. The highest BCUT2D eigenvalue weighted by atomic mass is 16.5. The van der Waals surface area contributed by atoms with Crippen LogP contribution in [0.25, 0.3) is 0 Å². The van der Waals surface area contributed by atoms with Crippen LogP contribution in [-0.4, -0.2) is 36.3 Å². The molecular formula is C18H22N2O5. The first-order chi connectivity index (χ1) is 12.1. The molecule has 1 atom stereocenters. The third kappa shape index (κ3) is 4.00. The second-order valence-corrected chi connectivity index (χ2v) is 6.17. The summed E-state index contributed by atoms with van der Waals surface area (Å²) in [5.41, 5.74) is 0.870. The molecule has 0 radical (unpaired) electrons. The molecule has 0 saturated heterocycles. The molecule has 2 aromatic heterocycles. The molecule has 1 saturated carbocycles. The van der Waals surface area contributed by atoms with Crippen molar-refractivity contribution in [3.8, 4) is 5.88 Å². The smallest absolute Gasteiger partial charge is 0.287 e. The first-order valence-corrected chi connectivity index (χ1v) is 8.17. The van der Waals surface area contributed by atoms with Gasteiger partial charge in [0.1, 0.15) is 12.4 Å². The molecule has 0 aromatic carbocycles. The van der Waals surface area contributed by atoms with Crippen molar-refractivity contribution in [1.29, 1.82) is 0 Å². The van der Waals surface area contributed by atoms with Gasteiger partial charge in [-0.05, 0) is 36.5 Å². The first kappa shape index (κ1) is 17.4. The van der Waals surface area contributed by atoms with Crippen molar-refractivity contribution in [2.45, 2.75) is 31.6 Å². The van der Waals surface area contributed by atoms with Gasteiger partial charge in [-0.1, -0.05) is 6.07 Å². The molecule has 1 unspecified atom stereocenters. The fraction of sp³-hybridized carbons (Fsp3) is 0.444. The Bertz CT molecular complexity index is 707. The van der Waals surface area contributed by atoms with Crippen molar-refractivity contribution >= 4 is 5.91 Å². The average Bonchev–Trinajstić information content (AvgIpc) is 3.06. The van der Waals surface area contributed by atoms with Gasteiger partial charge in [-0.25, -0.2) is 4.98 Å². The van der Waals surface area contributed by atoms with E-state index in [1.165, 1.54) is 0 Å². The molecule has 1 fully saturated rings. The SMILES string of the molecule is COCc1ccc(C(=O)NC(c2ccc(OC)nc2)C2CC(O)C2)o1. The van der Waals surface area contributed by atoms with Crippen molar-refractivity contribution < 1.29 is 23.8 Å². The third-order valence-corrected chi connectivity index (χ3v) is 4.41. The number of methoxy groups -OCH3 is 2. The summed E-state index contributed by atoms with van der Waals surface area (Å²) in [5.74, 6) is 1.19. The minimum atomic E-state index is -0.312. The predicted molar refractivity (Wildman–Crippen MR) is 89.1 cm³/mol. The zero-order valence-electron chi connectivity index (χ0n) is 14.3. The molecule has 2 aromatic rings. The van der Waals surface area contributed by atoms with E-state index in [0.29, 0.717) is 31.1 Å². The number of carbonyl (C=O) groups excluding carboxylic acids is 1. The Kier molecular flexibility index (Phi) is 5.35. The van der Waals surface area contributed by atoms with E-state index >= 15 is 0 Å². The van der Waals surface area contributed by atoms with Gasteiger partial charge in [-0.15, -0.1) is 0 Å². The fourth-order valence-electron chi connectivity index (χ4n) is 3.00. The van der Waals surface area contributed by atoms with E-state index in [1.54, 1.807) is 38.6 Å². The van der Waals surface area contributed by atoms with Gasteiger partial charge in [-0.2, -0.15) is 0 Å². The van der Waals surface area contributed by atoms with E-state index < -0.39 is 0 Å². The molecule has 2 N–H and O–H groups in total. The van der Waals surface area contributed by atoms with Crippen LogP contribution in [-0.2, 0) is 11.3 Å². The maximum absolute atomic E-state index is 12.5. The van der Waals surface area contributed by atoms with Crippen molar-refractivity contribution in [3.05, 3.63) is 47.5 Å². The Morgan fingerprint density at radius 3 is 2.76 bits per heavy atom. The molecular weight excluding hydrogens is 324 g/mol. The van der Waals surface area contributed by atoms with Gasteiger partial charge < -0.3 is 24.3 Å². The van der Waals surface area contributed by atoms with Gasteiger partial charge in [0.05, 0.1) is 19.3 Å². The number of nitrogens with zero attached hydrogens (tertiary/aromatic N) is 1. The van der Waals surface area contributed by atoms with Gasteiger partial charge in [-0.3, -0.25) is 4.79 Å². The Morgan fingerprint density at radius 2 is 2.16 bits per heavy atom. The van der Waals surface area contributed by atoms with Crippen LogP contribution >= 0.6 is 0 Å². The van der Waals surface area contributed by atoms with E-state index in [-0.39, 0.29) is 29.7 Å². The van der Waals surface area contributed by atoms with Gasteiger partial charge >= 0.3 is 0 Å². The molecule has 7 heteroatoms. The largest absolute Gasteiger partial charge is 0.481 e. The lowest BCUT2D eigenvalue weighted by Gasteiger charge is -2.38. The van der Waals surface area contributed by atoms with Crippen LogP contribution < -0.4 is 10.1 Å². The summed E-state index contributed by atoms with van der Waals surface area (Å²) < 4.78 is 15.6. The number of rotatable bonds is 7. The van der Waals surface area contributed by atoms with E-state index in [0.717, 1.165) is 5.56 Å². The highest BCUT2D eigenvalue weighted by molar-refractivity contribution is 5.91. The molecule has 0 aliphatic heterocycles. The quantitative estimate of drug-likeness (QED) is 0.797. The molecule has 134 valence electrons. The van der Waals surface area contributed by atoms with Crippen molar-refractivity contribution in [3.63, 3.8) is 0 Å². The second-order valence-electron chi connectivity index (χ2n) is 6.17.